The highest BCUT2D eigenvalue weighted by molar-refractivity contribution is 9.10. The van der Waals surface area contributed by atoms with Gasteiger partial charge in [0.25, 0.3) is 5.56 Å². The highest BCUT2D eigenvalue weighted by Gasteiger charge is 2.30. The van der Waals surface area contributed by atoms with Gasteiger partial charge < -0.3 is 10.0 Å². The molecule has 6 nitrogen and oxygen atoms in total. The third kappa shape index (κ3) is 2.89. The molecule has 0 aliphatic carbocycles. The molecule has 1 saturated heterocycles. The fourth-order valence-corrected chi connectivity index (χ4v) is 3.44. The number of piperazine rings is 1. The van der Waals surface area contributed by atoms with Crippen molar-refractivity contribution in [2.75, 3.05) is 31.1 Å². The Morgan fingerprint density at radius 3 is 2.55 bits per heavy atom. The molecule has 0 amide bonds. The highest BCUT2D eigenvalue weighted by atomic mass is 79.9. The number of aromatic nitrogens is 2. The zero-order valence-corrected chi connectivity index (χ0v) is 13.7. The normalized spacial score (nSPS) is 24.1. The zero-order chi connectivity index (χ0) is 14.9. The molecule has 1 aromatic heterocycles. The van der Waals surface area contributed by atoms with Crippen LogP contribution in [-0.4, -0.2) is 58.1 Å². The van der Waals surface area contributed by atoms with E-state index in [2.05, 4.69) is 44.7 Å². The predicted molar refractivity (Wildman–Crippen MR) is 82.1 cm³/mol. The van der Waals surface area contributed by atoms with E-state index in [4.69, 9.17) is 5.11 Å². The van der Waals surface area contributed by atoms with Crippen LogP contribution in [-0.2, 0) is 7.05 Å². The van der Waals surface area contributed by atoms with E-state index >= 15 is 0 Å². The number of hydrogen-bond acceptors (Lipinski definition) is 5. The zero-order valence-electron chi connectivity index (χ0n) is 12.1. The topological polar surface area (TPSA) is 61.6 Å². The van der Waals surface area contributed by atoms with Gasteiger partial charge in [-0.2, -0.15) is 5.10 Å². The third-order valence-electron chi connectivity index (χ3n) is 3.86. The lowest BCUT2D eigenvalue weighted by Gasteiger charge is -2.45. The molecule has 0 bridgehead atoms. The van der Waals surface area contributed by atoms with Crippen molar-refractivity contribution in [1.29, 1.82) is 0 Å². The Morgan fingerprint density at radius 1 is 1.40 bits per heavy atom. The lowest BCUT2D eigenvalue weighted by molar-refractivity contribution is 0.103. The molecule has 0 radical (unpaired) electrons. The molecule has 0 spiro atoms. The SMILES string of the molecule is C[C@@H]1CN(c2cnn(C)c(=O)c2Br)C[C@H](C)N1CCO. The Labute approximate surface area is 127 Å². The maximum atomic E-state index is 11.9. The van der Waals surface area contributed by atoms with Gasteiger partial charge in [-0.05, 0) is 29.8 Å². The van der Waals surface area contributed by atoms with Crippen LogP contribution >= 0.6 is 15.9 Å². The molecule has 0 saturated carbocycles. The average molecular weight is 345 g/mol. The Kier molecular flexibility index (Phi) is 4.82. The van der Waals surface area contributed by atoms with Crippen LogP contribution in [0.3, 0.4) is 0 Å². The number of β-amino-alcohol motifs (C(OH)–C–C–N with tert-alkyl or cyclic N) is 1. The van der Waals surface area contributed by atoms with Crippen LogP contribution < -0.4 is 10.5 Å². The number of rotatable bonds is 3. The predicted octanol–water partition coefficient (Wildman–Crippen LogP) is 0.434. The summed E-state index contributed by atoms with van der Waals surface area (Å²) < 4.78 is 1.88. The second-order valence-electron chi connectivity index (χ2n) is 5.34. The smallest absolute Gasteiger partial charge is 0.282 e. The molecule has 112 valence electrons. The van der Waals surface area contributed by atoms with Crippen LogP contribution in [0.15, 0.2) is 15.5 Å². The van der Waals surface area contributed by atoms with Gasteiger partial charge in [0.2, 0.25) is 0 Å². The number of anilines is 1. The van der Waals surface area contributed by atoms with Gasteiger partial charge in [0.1, 0.15) is 4.47 Å². The first kappa shape index (κ1) is 15.5. The fraction of sp³-hybridized carbons (Fsp3) is 0.692. The summed E-state index contributed by atoms with van der Waals surface area (Å²) in [6, 6.07) is 0.642. The Bertz CT molecular complexity index is 522. The number of hydrogen-bond donors (Lipinski definition) is 1. The van der Waals surface area contributed by atoms with Gasteiger partial charge in [0, 0.05) is 38.8 Å². The Balaban J connectivity index is 2.24. The lowest BCUT2D eigenvalue weighted by atomic mass is 10.1. The first-order valence-corrected chi connectivity index (χ1v) is 7.58. The van der Waals surface area contributed by atoms with Crippen molar-refractivity contribution in [3.8, 4) is 0 Å². The molecule has 1 N–H and O–H groups in total. The fourth-order valence-electron chi connectivity index (χ4n) is 2.83. The van der Waals surface area contributed by atoms with Gasteiger partial charge in [0.15, 0.2) is 0 Å². The summed E-state index contributed by atoms with van der Waals surface area (Å²) in [5.41, 5.74) is 0.719. The standard InChI is InChI=1S/C13H21BrN4O2/c1-9-7-17(8-10(2)18(9)4-5-19)11-6-15-16(3)13(20)12(11)14/h6,9-10,19H,4-5,7-8H2,1-3H3/t9-,10+. The molecular formula is C13H21BrN4O2. The van der Waals surface area contributed by atoms with Gasteiger partial charge in [-0.25, -0.2) is 4.68 Å². The highest BCUT2D eigenvalue weighted by Crippen LogP contribution is 2.26. The average Bonchev–Trinajstić information content (AvgIpc) is 2.40. The summed E-state index contributed by atoms with van der Waals surface area (Å²) in [5, 5.41) is 13.2. The van der Waals surface area contributed by atoms with E-state index in [9.17, 15) is 4.79 Å². The van der Waals surface area contributed by atoms with Gasteiger partial charge >= 0.3 is 0 Å². The maximum Gasteiger partial charge on any atom is 0.282 e. The minimum atomic E-state index is -0.124. The van der Waals surface area contributed by atoms with Crippen molar-refractivity contribution < 1.29 is 5.11 Å². The monoisotopic (exact) mass is 344 g/mol. The van der Waals surface area contributed by atoms with E-state index in [-0.39, 0.29) is 12.2 Å². The molecule has 7 heteroatoms. The van der Waals surface area contributed by atoms with E-state index in [1.54, 1.807) is 13.2 Å². The van der Waals surface area contributed by atoms with Crippen LogP contribution in [0, 0.1) is 0 Å². The van der Waals surface area contributed by atoms with E-state index < -0.39 is 0 Å². The molecule has 0 aromatic carbocycles. The largest absolute Gasteiger partial charge is 0.395 e. The summed E-state index contributed by atoms with van der Waals surface area (Å²) >= 11 is 3.38. The molecule has 2 rings (SSSR count). The molecule has 1 aliphatic rings. The molecule has 1 aliphatic heterocycles. The molecule has 20 heavy (non-hydrogen) atoms. The first-order valence-electron chi connectivity index (χ1n) is 6.79. The second kappa shape index (κ2) is 6.24. The Hall–Kier alpha value is -0.920. The number of halogens is 1. The van der Waals surface area contributed by atoms with Gasteiger partial charge in [-0.3, -0.25) is 9.69 Å². The third-order valence-corrected chi connectivity index (χ3v) is 4.61. The summed E-state index contributed by atoms with van der Waals surface area (Å²) in [4.78, 5) is 16.4. The van der Waals surface area contributed by atoms with E-state index in [1.807, 2.05) is 0 Å². The molecule has 2 atom stereocenters. The molecular weight excluding hydrogens is 324 g/mol. The van der Waals surface area contributed by atoms with Crippen LogP contribution in [0.2, 0.25) is 0 Å². The van der Waals surface area contributed by atoms with E-state index in [1.165, 1.54) is 4.68 Å². The Morgan fingerprint density at radius 2 is 2.00 bits per heavy atom. The number of aliphatic hydroxyl groups is 1. The van der Waals surface area contributed by atoms with Gasteiger partial charge in [-0.1, -0.05) is 0 Å². The van der Waals surface area contributed by atoms with Crippen molar-refractivity contribution in [3.63, 3.8) is 0 Å². The van der Waals surface area contributed by atoms with Crippen LogP contribution in [0.1, 0.15) is 13.8 Å². The summed E-state index contributed by atoms with van der Waals surface area (Å²) in [5.74, 6) is 0. The molecule has 0 unspecified atom stereocenters. The van der Waals surface area contributed by atoms with Crippen LogP contribution in [0.25, 0.3) is 0 Å². The van der Waals surface area contributed by atoms with Crippen molar-refractivity contribution >= 4 is 21.6 Å². The van der Waals surface area contributed by atoms with Gasteiger partial charge in [-0.15, -0.1) is 0 Å². The van der Waals surface area contributed by atoms with Crippen LogP contribution in [0.4, 0.5) is 5.69 Å². The summed E-state index contributed by atoms with van der Waals surface area (Å²) in [6.07, 6.45) is 1.73. The minimum Gasteiger partial charge on any atom is -0.395 e. The minimum absolute atomic E-state index is 0.124. The number of aliphatic hydroxyl groups excluding tert-OH is 1. The lowest BCUT2D eigenvalue weighted by Crippen LogP contribution is -2.57. The van der Waals surface area contributed by atoms with Crippen molar-refractivity contribution in [2.24, 2.45) is 7.05 Å². The second-order valence-corrected chi connectivity index (χ2v) is 6.13. The van der Waals surface area contributed by atoms with E-state index in [0.717, 1.165) is 18.8 Å². The summed E-state index contributed by atoms with van der Waals surface area (Å²) in [7, 11) is 1.64. The molecule has 1 fully saturated rings. The maximum absolute atomic E-state index is 11.9. The van der Waals surface area contributed by atoms with Crippen molar-refractivity contribution in [2.45, 2.75) is 25.9 Å². The molecule has 1 aromatic rings. The van der Waals surface area contributed by atoms with Gasteiger partial charge in [0.05, 0.1) is 18.5 Å². The quantitative estimate of drug-likeness (QED) is 0.861. The number of nitrogens with zero attached hydrogens (tertiary/aromatic N) is 4. The molecule has 2 heterocycles. The van der Waals surface area contributed by atoms with Crippen molar-refractivity contribution in [3.05, 3.63) is 21.0 Å². The first-order chi connectivity index (χ1) is 9.45. The summed E-state index contributed by atoms with van der Waals surface area (Å²) in [6.45, 7) is 6.77. The number of aryl methyl sites for hydroxylation is 1. The van der Waals surface area contributed by atoms with Crippen LogP contribution in [0.5, 0.6) is 0 Å². The van der Waals surface area contributed by atoms with E-state index in [0.29, 0.717) is 23.1 Å². The van der Waals surface area contributed by atoms with Crippen molar-refractivity contribution in [1.82, 2.24) is 14.7 Å².